The quantitative estimate of drug-likeness (QED) is 0.623. The zero-order valence-electron chi connectivity index (χ0n) is 15.8. The zero-order valence-corrected chi connectivity index (χ0v) is 16.6. The fourth-order valence-electron chi connectivity index (χ4n) is 2.77. The number of carbonyl (C=O) groups excluding carboxylic acids is 1. The Morgan fingerprint density at radius 1 is 1.21 bits per heavy atom. The van der Waals surface area contributed by atoms with Crippen LogP contribution < -0.4 is 14.8 Å². The van der Waals surface area contributed by atoms with E-state index in [-0.39, 0.29) is 5.91 Å². The Morgan fingerprint density at radius 3 is 2.61 bits per heavy atom. The van der Waals surface area contributed by atoms with E-state index in [2.05, 4.69) is 10.3 Å². The molecule has 0 radical (unpaired) electrons. The van der Waals surface area contributed by atoms with Crippen molar-refractivity contribution in [1.82, 2.24) is 14.9 Å². The highest BCUT2D eigenvalue weighted by Gasteiger charge is 2.15. The van der Waals surface area contributed by atoms with E-state index in [4.69, 9.17) is 21.1 Å². The van der Waals surface area contributed by atoms with Gasteiger partial charge in [-0.3, -0.25) is 4.79 Å². The number of nitrogens with zero attached hydrogens (tertiary/aromatic N) is 2. The number of hydrogen-bond acceptors (Lipinski definition) is 4. The molecule has 0 unspecified atom stereocenters. The second-order valence-electron chi connectivity index (χ2n) is 6.16. The first-order valence-electron chi connectivity index (χ1n) is 8.92. The molecule has 0 aliphatic heterocycles. The molecular formula is C21H22ClN3O3. The van der Waals surface area contributed by atoms with Crippen molar-refractivity contribution in [3.8, 4) is 11.5 Å². The average molecular weight is 400 g/mol. The van der Waals surface area contributed by atoms with E-state index in [1.165, 1.54) is 7.11 Å². The molecule has 0 spiro atoms. The van der Waals surface area contributed by atoms with Crippen LogP contribution in [0.2, 0.25) is 5.02 Å². The van der Waals surface area contributed by atoms with E-state index in [0.29, 0.717) is 35.2 Å². The van der Waals surface area contributed by atoms with E-state index in [1.54, 1.807) is 24.7 Å². The summed E-state index contributed by atoms with van der Waals surface area (Å²) in [6.45, 7) is 3.49. The van der Waals surface area contributed by atoms with E-state index < -0.39 is 0 Å². The highest BCUT2D eigenvalue weighted by molar-refractivity contribution is 6.32. The summed E-state index contributed by atoms with van der Waals surface area (Å²) in [6.07, 6.45) is 5.46. The van der Waals surface area contributed by atoms with E-state index in [9.17, 15) is 4.79 Å². The summed E-state index contributed by atoms with van der Waals surface area (Å²) in [5.74, 6) is 0.644. The largest absolute Gasteiger partial charge is 0.493 e. The van der Waals surface area contributed by atoms with Crippen molar-refractivity contribution in [1.29, 1.82) is 0 Å². The number of ether oxygens (including phenoxy) is 2. The molecule has 28 heavy (non-hydrogen) atoms. The Kier molecular flexibility index (Phi) is 6.55. The summed E-state index contributed by atoms with van der Waals surface area (Å²) in [5, 5.41) is 3.24. The molecule has 6 nitrogen and oxygen atoms in total. The molecule has 3 rings (SSSR count). The molecule has 1 amide bonds. The molecule has 146 valence electrons. The van der Waals surface area contributed by atoms with Gasteiger partial charge in [0.25, 0.3) is 5.91 Å². The van der Waals surface area contributed by atoms with Crippen LogP contribution in [0.3, 0.4) is 0 Å². The monoisotopic (exact) mass is 399 g/mol. The predicted octanol–water partition coefficient (Wildman–Crippen LogP) is 3.92. The molecule has 0 saturated heterocycles. The number of imidazole rings is 1. The Morgan fingerprint density at radius 2 is 1.96 bits per heavy atom. The maximum atomic E-state index is 12.5. The van der Waals surface area contributed by atoms with Crippen molar-refractivity contribution in [3.05, 3.63) is 76.8 Å². The molecule has 0 aliphatic rings. The second-order valence-corrected chi connectivity index (χ2v) is 6.56. The molecule has 0 aliphatic carbocycles. The third-order valence-corrected chi connectivity index (χ3v) is 4.46. The number of hydrogen-bond donors (Lipinski definition) is 1. The lowest BCUT2D eigenvalue weighted by molar-refractivity contribution is 0.0950. The summed E-state index contributed by atoms with van der Waals surface area (Å²) in [6, 6.07) is 11.3. The number of rotatable bonds is 8. The summed E-state index contributed by atoms with van der Waals surface area (Å²) in [4.78, 5) is 16.5. The van der Waals surface area contributed by atoms with Gasteiger partial charge >= 0.3 is 0 Å². The van der Waals surface area contributed by atoms with Gasteiger partial charge in [0.2, 0.25) is 0 Å². The molecule has 0 atom stereocenters. The van der Waals surface area contributed by atoms with Gasteiger partial charge in [-0.2, -0.15) is 0 Å². The Labute approximate surface area is 169 Å². The molecule has 0 saturated carbocycles. The van der Waals surface area contributed by atoms with Crippen LogP contribution in [0.15, 0.2) is 55.1 Å². The van der Waals surface area contributed by atoms with Crippen molar-refractivity contribution in [2.75, 3.05) is 13.7 Å². The van der Waals surface area contributed by atoms with Crippen LogP contribution in [0.4, 0.5) is 0 Å². The standard InChI is InChI=1S/C21H22ClN3O3/c1-3-28-20-18(22)10-17(11-19(20)27-2)21(26)24-12-15-4-6-16(7-5-15)13-25-9-8-23-14-25/h4-11,14H,3,12-13H2,1-2H3,(H,24,26). The van der Waals surface area contributed by atoms with Gasteiger partial charge < -0.3 is 19.4 Å². The summed E-state index contributed by atoms with van der Waals surface area (Å²) >= 11 is 6.24. The SMILES string of the molecule is CCOc1c(Cl)cc(C(=O)NCc2ccc(Cn3ccnc3)cc2)cc1OC. The van der Waals surface area contributed by atoms with Gasteiger partial charge in [0.05, 0.1) is 25.1 Å². The predicted molar refractivity (Wildman–Crippen MR) is 108 cm³/mol. The summed E-state index contributed by atoms with van der Waals surface area (Å²) in [5.41, 5.74) is 2.59. The van der Waals surface area contributed by atoms with Crippen LogP contribution in [0, 0.1) is 0 Å². The molecule has 3 aromatic rings. The number of halogens is 1. The van der Waals surface area contributed by atoms with Gasteiger partial charge in [-0.05, 0) is 30.2 Å². The Hall–Kier alpha value is -2.99. The molecule has 7 heteroatoms. The minimum Gasteiger partial charge on any atom is -0.493 e. The maximum absolute atomic E-state index is 12.5. The number of amides is 1. The second kappa shape index (κ2) is 9.28. The minimum absolute atomic E-state index is 0.231. The third kappa shape index (κ3) is 4.84. The van der Waals surface area contributed by atoms with E-state index in [1.807, 2.05) is 42.0 Å². The van der Waals surface area contributed by atoms with Gasteiger partial charge in [0.15, 0.2) is 11.5 Å². The number of methoxy groups -OCH3 is 1. The topological polar surface area (TPSA) is 65.4 Å². The molecule has 0 fully saturated rings. The van der Waals surface area contributed by atoms with Crippen LogP contribution in [0.5, 0.6) is 11.5 Å². The van der Waals surface area contributed by atoms with Crippen molar-refractivity contribution in [2.45, 2.75) is 20.0 Å². The van der Waals surface area contributed by atoms with E-state index in [0.717, 1.165) is 17.7 Å². The molecule has 1 heterocycles. The van der Waals surface area contributed by atoms with Crippen molar-refractivity contribution < 1.29 is 14.3 Å². The van der Waals surface area contributed by atoms with E-state index >= 15 is 0 Å². The van der Waals surface area contributed by atoms with Gasteiger partial charge in [-0.1, -0.05) is 35.9 Å². The number of carbonyl (C=O) groups is 1. The lowest BCUT2D eigenvalue weighted by Crippen LogP contribution is -2.23. The number of nitrogens with one attached hydrogen (secondary N) is 1. The lowest BCUT2D eigenvalue weighted by atomic mass is 10.1. The number of benzene rings is 2. The van der Waals surface area contributed by atoms with Gasteiger partial charge in [0.1, 0.15) is 0 Å². The first-order valence-corrected chi connectivity index (χ1v) is 9.30. The van der Waals surface area contributed by atoms with Crippen LogP contribution in [0.25, 0.3) is 0 Å². The molecule has 2 aromatic carbocycles. The zero-order chi connectivity index (χ0) is 19.9. The molecular weight excluding hydrogens is 378 g/mol. The van der Waals surface area contributed by atoms with Crippen molar-refractivity contribution in [3.63, 3.8) is 0 Å². The van der Waals surface area contributed by atoms with Gasteiger partial charge in [0, 0.05) is 31.0 Å². The fraction of sp³-hybridized carbons (Fsp3) is 0.238. The van der Waals surface area contributed by atoms with Crippen LogP contribution in [-0.4, -0.2) is 29.2 Å². The normalized spacial score (nSPS) is 10.5. The fourth-order valence-corrected chi connectivity index (χ4v) is 3.04. The average Bonchev–Trinajstić information content (AvgIpc) is 3.21. The molecule has 1 aromatic heterocycles. The van der Waals surface area contributed by atoms with Gasteiger partial charge in [-0.15, -0.1) is 0 Å². The first kappa shape index (κ1) is 19.8. The third-order valence-electron chi connectivity index (χ3n) is 4.18. The lowest BCUT2D eigenvalue weighted by Gasteiger charge is -2.13. The van der Waals surface area contributed by atoms with Crippen molar-refractivity contribution >= 4 is 17.5 Å². The molecule has 0 bridgehead atoms. The smallest absolute Gasteiger partial charge is 0.251 e. The summed E-state index contributed by atoms with van der Waals surface area (Å²) < 4.78 is 12.8. The first-order chi connectivity index (χ1) is 13.6. The highest BCUT2D eigenvalue weighted by Crippen LogP contribution is 2.36. The number of aromatic nitrogens is 2. The van der Waals surface area contributed by atoms with Crippen LogP contribution in [-0.2, 0) is 13.1 Å². The Balaban J connectivity index is 1.63. The highest BCUT2D eigenvalue weighted by atomic mass is 35.5. The minimum atomic E-state index is -0.231. The van der Waals surface area contributed by atoms with Crippen LogP contribution >= 0.6 is 11.6 Å². The summed E-state index contributed by atoms with van der Waals surface area (Å²) in [7, 11) is 1.52. The van der Waals surface area contributed by atoms with Crippen LogP contribution in [0.1, 0.15) is 28.4 Å². The molecule has 1 N–H and O–H groups in total. The van der Waals surface area contributed by atoms with Crippen molar-refractivity contribution in [2.24, 2.45) is 0 Å². The maximum Gasteiger partial charge on any atom is 0.251 e. The Bertz CT molecular complexity index is 925. The van der Waals surface area contributed by atoms with Gasteiger partial charge in [-0.25, -0.2) is 4.98 Å².